The topological polar surface area (TPSA) is 72.6 Å². The Kier molecular flexibility index (Phi) is 5.57. The molecule has 5 nitrogen and oxygen atoms in total. The Bertz CT molecular complexity index is 525. The number of ether oxygens (including phenoxy) is 1. The van der Waals surface area contributed by atoms with Gasteiger partial charge in [-0.05, 0) is 44.9 Å². The summed E-state index contributed by atoms with van der Waals surface area (Å²) in [5.41, 5.74) is 5.50. The summed E-state index contributed by atoms with van der Waals surface area (Å²) < 4.78 is 32.7. The molecule has 1 saturated heterocycles. The zero-order chi connectivity index (χ0) is 14.6. The Morgan fingerprint density at radius 2 is 2.30 bits per heavy atom. The quantitative estimate of drug-likeness (QED) is 0.861. The minimum absolute atomic E-state index is 0.0204. The van der Waals surface area contributed by atoms with Crippen LogP contribution in [0.1, 0.15) is 24.6 Å². The van der Waals surface area contributed by atoms with Gasteiger partial charge in [-0.15, -0.1) is 11.3 Å². The molecule has 2 rings (SSSR count). The van der Waals surface area contributed by atoms with Gasteiger partial charge in [-0.2, -0.15) is 4.31 Å². The zero-order valence-corrected chi connectivity index (χ0v) is 13.4. The molecule has 1 aromatic rings. The number of thiophene rings is 1. The lowest BCUT2D eigenvalue weighted by atomic mass is 10.1. The second kappa shape index (κ2) is 7.00. The normalized spacial score (nSPS) is 21.2. The number of nitrogens with two attached hydrogens (primary N) is 1. The second-order valence-corrected chi connectivity index (χ2v) is 8.18. The molecule has 114 valence electrons. The molecular formula is C13H22N2O3S2. The van der Waals surface area contributed by atoms with Crippen molar-refractivity contribution in [1.29, 1.82) is 0 Å². The van der Waals surface area contributed by atoms with Gasteiger partial charge < -0.3 is 10.5 Å². The Morgan fingerprint density at radius 1 is 1.50 bits per heavy atom. The zero-order valence-electron chi connectivity index (χ0n) is 11.7. The van der Waals surface area contributed by atoms with Crippen LogP contribution in [0.5, 0.6) is 0 Å². The van der Waals surface area contributed by atoms with Gasteiger partial charge in [-0.25, -0.2) is 8.42 Å². The average molecular weight is 318 g/mol. The van der Waals surface area contributed by atoms with Crippen LogP contribution < -0.4 is 5.73 Å². The van der Waals surface area contributed by atoms with Crippen LogP contribution in [0.2, 0.25) is 0 Å². The molecule has 0 saturated carbocycles. The van der Waals surface area contributed by atoms with Gasteiger partial charge in [0, 0.05) is 24.6 Å². The van der Waals surface area contributed by atoms with Crippen molar-refractivity contribution in [2.24, 2.45) is 5.73 Å². The van der Waals surface area contributed by atoms with Gasteiger partial charge in [-0.1, -0.05) is 0 Å². The van der Waals surface area contributed by atoms with E-state index in [1.165, 1.54) is 11.3 Å². The van der Waals surface area contributed by atoms with Crippen LogP contribution in [-0.4, -0.2) is 45.1 Å². The standard InChI is InChI=1S/C13H22N2O3S2/c1-2-18-11-4-3-9-15(10-11)20(16,17)13-6-5-12(19-13)7-8-14/h5-6,11H,2-4,7-10,14H2,1H3. The molecule has 1 atom stereocenters. The van der Waals surface area contributed by atoms with Gasteiger partial charge in [0.05, 0.1) is 6.10 Å². The minimum Gasteiger partial charge on any atom is -0.377 e. The molecule has 0 spiro atoms. The van der Waals surface area contributed by atoms with E-state index < -0.39 is 10.0 Å². The maximum absolute atomic E-state index is 12.6. The van der Waals surface area contributed by atoms with E-state index in [9.17, 15) is 8.42 Å². The molecule has 1 aliphatic rings. The summed E-state index contributed by atoms with van der Waals surface area (Å²) in [5, 5.41) is 0. The highest BCUT2D eigenvalue weighted by atomic mass is 32.2. The van der Waals surface area contributed by atoms with Crippen LogP contribution >= 0.6 is 11.3 Å². The fourth-order valence-electron chi connectivity index (χ4n) is 2.40. The van der Waals surface area contributed by atoms with Gasteiger partial charge in [0.1, 0.15) is 4.21 Å². The lowest BCUT2D eigenvalue weighted by Crippen LogP contribution is -2.42. The lowest BCUT2D eigenvalue weighted by Gasteiger charge is -2.31. The van der Waals surface area contributed by atoms with Crippen molar-refractivity contribution in [1.82, 2.24) is 4.31 Å². The predicted molar refractivity (Wildman–Crippen MR) is 80.5 cm³/mol. The first-order chi connectivity index (χ1) is 9.57. The summed E-state index contributed by atoms with van der Waals surface area (Å²) in [6.07, 6.45) is 2.53. The Balaban J connectivity index is 2.12. The van der Waals surface area contributed by atoms with Gasteiger partial charge >= 0.3 is 0 Å². The number of piperidine rings is 1. The molecule has 7 heteroatoms. The first kappa shape index (κ1) is 15.9. The molecule has 0 aliphatic carbocycles. The van der Waals surface area contributed by atoms with E-state index in [1.807, 2.05) is 13.0 Å². The van der Waals surface area contributed by atoms with E-state index in [-0.39, 0.29) is 6.10 Å². The monoisotopic (exact) mass is 318 g/mol. The predicted octanol–water partition coefficient (Wildman–Crippen LogP) is 1.44. The third-order valence-electron chi connectivity index (χ3n) is 3.37. The molecular weight excluding hydrogens is 296 g/mol. The van der Waals surface area contributed by atoms with E-state index in [0.29, 0.717) is 30.5 Å². The van der Waals surface area contributed by atoms with Crippen LogP contribution in [-0.2, 0) is 21.2 Å². The first-order valence-corrected chi connectivity index (χ1v) is 9.24. The summed E-state index contributed by atoms with van der Waals surface area (Å²) in [5.74, 6) is 0. The Labute approximate surface area is 124 Å². The molecule has 2 N–H and O–H groups in total. The van der Waals surface area contributed by atoms with Crippen LogP contribution in [0.4, 0.5) is 0 Å². The summed E-state index contributed by atoms with van der Waals surface area (Å²) >= 11 is 1.32. The number of hydrogen-bond donors (Lipinski definition) is 1. The summed E-state index contributed by atoms with van der Waals surface area (Å²) in [4.78, 5) is 1.02. The smallest absolute Gasteiger partial charge is 0.252 e. The summed E-state index contributed by atoms with van der Waals surface area (Å²) in [6.45, 7) is 4.14. The maximum Gasteiger partial charge on any atom is 0.252 e. The highest BCUT2D eigenvalue weighted by molar-refractivity contribution is 7.91. The van der Waals surface area contributed by atoms with Gasteiger partial charge in [0.2, 0.25) is 0 Å². The number of hydrogen-bond acceptors (Lipinski definition) is 5. The third kappa shape index (κ3) is 3.59. The van der Waals surface area contributed by atoms with Crippen molar-refractivity contribution >= 4 is 21.4 Å². The van der Waals surface area contributed by atoms with E-state index in [1.54, 1.807) is 10.4 Å². The van der Waals surface area contributed by atoms with Crippen molar-refractivity contribution in [3.05, 3.63) is 17.0 Å². The van der Waals surface area contributed by atoms with E-state index >= 15 is 0 Å². The molecule has 0 aromatic carbocycles. The largest absolute Gasteiger partial charge is 0.377 e. The first-order valence-electron chi connectivity index (χ1n) is 6.98. The van der Waals surface area contributed by atoms with Crippen LogP contribution in [0, 0.1) is 0 Å². The Hall–Kier alpha value is -0.470. The van der Waals surface area contributed by atoms with Gasteiger partial charge in [0.15, 0.2) is 0 Å². The summed E-state index contributed by atoms with van der Waals surface area (Å²) in [7, 11) is -3.38. The molecule has 2 heterocycles. The van der Waals surface area contributed by atoms with Crippen LogP contribution in [0.25, 0.3) is 0 Å². The second-order valence-electron chi connectivity index (χ2n) is 4.84. The maximum atomic E-state index is 12.6. The van der Waals surface area contributed by atoms with Crippen molar-refractivity contribution in [2.45, 2.75) is 36.5 Å². The lowest BCUT2D eigenvalue weighted by molar-refractivity contribution is 0.0265. The van der Waals surface area contributed by atoms with Crippen molar-refractivity contribution in [3.8, 4) is 0 Å². The van der Waals surface area contributed by atoms with Crippen LogP contribution in [0.3, 0.4) is 0 Å². The van der Waals surface area contributed by atoms with Gasteiger partial charge in [0.25, 0.3) is 10.0 Å². The molecule has 0 radical (unpaired) electrons. The molecule has 1 unspecified atom stereocenters. The number of rotatable bonds is 6. The third-order valence-corrected chi connectivity index (χ3v) is 6.84. The van der Waals surface area contributed by atoms with E-state index in [2.05, 4.69) is 0 Å². The van der Waals surface area contributed by atoms with E-state index in [4.69, 9.17) is 10.5 Å². The SMILES string of the molecule is CCOC1CCCN(S(=O)(=O)c2ccc(CCN)s2)C1. The highest BCUT2D eigenvalue weighted by Gasteiger charge is 2.31. The van der Waals surface area contributed by atoms with Crippen molar-refractivity contribution in [2.75, 3.05) is 26.2 Å². The minimum atomic E-state index is -3.38. The van der Waals surface area contributed by atoms with Crippen LogP contribution in [0.15, 0.2) is 16.3 Å². The molecule has 0 amide bonds. The average Bonchev–Trinajstić information content (AvgIpc) is 2.89. The molecule has 1 aliphatic heterocycles. The molecule has 0 bridgehead atoms. The Morgan fingerprint density at radius 3 is 3.00 bits per heavy atom. The fraction of sp³-hybridized carbons (Fsp3) is 0.692. The van der Waals surface area contributed by atoms with Crippen molar-refractivity contribution in [3.63, 3.8) is 0 Å². The fourth-order valence-corrected chi connectivity index (χ4v) is 5.43. The van der Waals surface area contributed by atoms with Gasteiger partial charge in [-0.3, -0.25) is 0 Å². The van der Waals surface area contributed by atoms with E-state index in [0.717, 1.165) is 24.1 Å². The number of nitrogens with zero attached hydrogens (tertiary/aromatic N) is 1. The number of sulfonamides is 1. The summed E-state index contributed by atoms with van der Waals surface area (Å²) in [6, 6.07) is 3.55. The van der Waals surface area contributed by atoms with Crippen molar-refractivity contribution < 1.29 is 13.2 Å². The molecule has 1 aromatic heterocycles. The highest BCUT2D eigenvalue weighted by Crippen LogP contribution is 2.27. The molecule has 20 heavy (non-hydrogen) atoms. The molecule has 1 fully saturated rings.